The third-order valence-electron chi connectivity index (χ3n) is 9.57. The lowest BCUT2D eigenvalue weighted by Gasteiger charge is -2.18. The highest BCUT2D eigenvalue weighted by Crippen LogP contribution is 2.38. The Labute approximate surface area is 319 Å². The molecule has 0 aromatic heterocycles. The predicted molar refractivity (Wildman–Crippen MR) is 228 cm³/mol. The monoisotopic (exact) mass is 686 g/mol. The molecule has 254 valence electrons. The van der Waals surface area contributed by atoms with Crippen LogP contribution in [0.25, 0.3) is 22.3 Å². The molecule has 0 amide bonds. The Kier molecular flexibility index (Phi) is 10.3. The van der Waals surface area contributed by atoms with E-state index in [4.69, 9.17) is 0 Å². The summed E-state index contributed by atoms with van der Waals surface area (Å²) in [6.45, 7) is 0. The van der Waals surface area contributed by atoms with Crippen molar-refractivity contribution in [3.63, 3.8) is 0 Å². The van der Waals surface area contributed by atoms with Gasteiger partial charge >= 0.3 is 0 Å². The van der Waals surface area contributed by atoms with Gasteiger partial charge in [-0.15, -0.1) is 0 Å². The van der Waals surface area contributed by atoms with E-state index in [2.05, 4.69) is 242 Å². The lowest BCUT2D eigenvalue weighted by atomic mass is 9.85. The molecule has 54 heavy (non-hydrogen) atoms. The van der Waals surface area contributed by atoms with Crippen LogP contribution in [0.5, 0.6) is 0 Å². The van der Waals surface area contributed by atoms with Gasteiger partial charge in [0, 0.05) is 11.1 Å². The minimum absolute atomic E-state index is 0.969. The van der Waals surface area contributed by atoms with Crippen LogP contribution in [0.1, 0.15) is 55.6 Å². The average Bonchev–Trinajstić information content (AvgIpc) is 3.26. The highest BCUT2D eigenvalue weighted by Gasteiger charge is 2.17. The zero-order valence-corrected chi connectivity index (χ0v) is 29.9. The maximum absolute atomic E-state index is 3.44. The lowest BCUT2D eigenvalue weighted by Crippen LogP contribution is -1.97. The Morgan fingerprint density at radius 2 is 0.352 bits per heavy atom. The fourth-order valence-electron chi connectivity index (χ4n) is 7.04. The van der Waals surface area contributed by atoms with Gasteiger partial charge in [-0.1, -0.05) is 218 Å². The van der Waals surface area contributed by atoms with E-state index >= 15 is 0 Å². The maximum atomic E-state index is 3.44. The van der Waals surface area contributed by atoms with Crippen LogP contribution in [0, 0.1) is 11.8 Å². The Morgan fingerprint density at radius 1 is 0.185 bits per heavy atom. The molecule has 8 rings (SSSR count). The molecule has 0 bridgehead atoms. The highest BCUT2D eigenvalue weighted by molar-refractivity contribution is 6.05. The van der Waals surface area contributed by atoms with Crippen LogP contribution in [-0.2, 0) is 0 Å². The normalized spacial score (nSPS) is 10.4. The molecule has 0 aliphatic heterocycles. The second kappa shape index (κ2) is 16.4. The number of benzene rings is 8. The summed E-state index contributed by atoms with van der Waals surface area (Å²) in [5.74, 6) is 6.87. The summed E-state index contributed by atoms with van der Waals surface area (Å²) in [6.07, 6.45) is 0. The summed E-state index contributed by atoms with van der Waals surface area (Å²) in [6, 6.07) is 81.4. The minimum atomic E-state index is 0.969. The minimum Gasteiger partial charge on any atom is -0.0622 e. The number of hydrogen-bond acceptors (Lipinski definition) is 0. The molecule has 8 aromatic carbocycles. The first-order chi connectivity index (χ1) is 26.8. The number of rotatable bonds is 8. The van der Waals surface area contributed by atoms with E-state index in [9.17, 15) is 0 Å². The molecule has 8 aromatic rings. The molecule has 0 heterocycles. The van der Waals surface area contributed by atoms with E-state index in [-0.39, 0.29) is 0 Å². The van der Waals surface area contributed by atoms with Gasteiger partial charge in [-0.05, 0) is 91.1 Å². The van der Waals surface area contributed by atoms with Crippen molar-refractivity contribution in [2.24, 2.45) is 0 Å². The summed E-state index contributed by atoms with van der Waals surface area (Å²) < 4.78 is 0. The van der Waals surface area contributed by atoms with Gasteiger partial charge in [-0.25, -0.2) is 0 Å². The predicted octanol–water partition coefficient (Wildman–Crippen LogP) is 13.1. The van der Waals surface area contributed by atoms with Crippen molar-refractivity contribution < 1.29 is 0 Å². The van der Waals surface area contributed by atoms with Crippen molar-refractivity contribution in [2.75, 3.05) is 0 Å². The quantitative estimate of drug-likeness (QED) is 0.110. The van der Waals surface area contributed by atoms with E-state index in [0.717, 1.165) is 22.3 Å². The molecule has 0 N–H and O–H groups in total. The van der Waals surface area contributed by atoms with Gasteiger partial charge in [0.1, 0.15) is 0 Å². The molecular formula is C54H38. The van der Waals surface area contributed by atoms with E-state index < -0.39 is 0 Å². The molecule has 0 aliphatic carbocycles. The summed E-state index contributed by atoms with van der Waals surface area (Å²) in [5.41, 5.74) is 16.1. The van der Waals surface area contributed by atoms with Crippen LogP contribution in [0.3, 0.4) is 0 Å². The van der Waals surface area contributed by atoms with Gasteiger partial charge in [0.15, 0.2) is 0 Å². The largest absolute Gasteiger partial charge is 0.0622 e. The summed E-state index contributed by atoms with van der Waals surface area (Å²) in [4.78, 5) is 0. The molecular weight excluding hydrogens is 649 g/mol. The van der Waals surface area contributed by atoms with E-state index in [0.29, 0.717) is 0 Å². The SMILES string of the molecule is C(#Cc1ccc(C(=C(c2ccccc2)c2ccccc2)c2ccccc2)cc1)c1ccc(C(=C(c2ccccc2)c2ccccc2)c2ccccc2)cc1. The number of hydrogen-bond donors (Lipinski definition) is 0. The summed E-state index contributed by atoms with van der Waals surface area (Å²) in [5, 5.41) is 0. The van der Waals surface area contributed by atoms with Crippen LogP contribution in [-0.4, -0.2) is 0 Å². The molecule has 0 saturated carbocycles. The van der Waals surface area contributed by atoms with Crippen molar-refractivity contribution in [1.29, 1.82) is 0 Å². The lowest BCUT2D eigenvalue weighted by molar-refractivity contribution is 1.49. The van der Waals surface area contributed by atoms with Crippen LogP contribution < -0.4 is 0 Å². The Hall–Kier alpha value is -7.20. The molecule has 0 heteroatoms. The summed E-state index contributed by atoms with van der Waals surface area (Å²) in [7, 11) is 0. The Bertz CT molecular complexity index is 2290. The van der Waals surface area contributed by atoms with E-state index in [1.54, 1.807) is 0 Å². The molecule has 0 saturated heterocycles. The third kappa shape index (κ3) is 7.68. The third-order valence-corrected chi connectivity index (χ3v) is 9.57. The first kappa shape index (κ1) is 33.9. The first-order valence-electron chi connectivity index (χ1n) is 18.4. The van der Waals surface area contributed by atoms with Gasteiger partial charge in [0.25, 0.3) is 0 Å². The topological polar surface area (TPSA) is 0 Å². The fraction of sp³-hybridized carbons (Fsp3) is 0. The maximum Gasteiger partial charge on any atom is 0.0249 e. The van der Waals surface area contributed by atoms with Crippen LogP contribution >= 0.6 is 0 Å². The molecule has 0 radical (unpaired) electrons. The summed E-state index contributed by atoms with van der Waals surface area (Å²) >= 11 is 0. The molecule has 0 aliphatic rings. The van der Waals surface area contributed by atoms with Gasteiger partial charge in [0.2, 0.25) is 0 Å². The van der Waals surface area contributed by atoms with Crippen LogP contribution in [0.15, 0.2) is 231 Å². The van der Waals surface area contributed by atoms with E-state index in [1.807, 2.05) is 0 Å². The smallest absolute Gasteiger partial charge is 0.0249 e. The molecule has 0 atom stereocenters. The van der Waals surface area contributed by atoms with Gasteiger partial charge in [0.05, 0.1) is 0 Å². The molecule has 0 fully saturated rings. The molecule has 0 nitrogen and oxygen atoms in total. The zero-order valence-electron chi connectivity index (χ0n) is 29.9. The average molecular weight is 687 g/mol. The van der Waals surface area contributed by atoms with Crippen LogP contribution in [0.2, 0.25) is 0 Å². The Morgan fingerprint density at radius 3 is 0.537 bits per heavy atom. The van der Waals surface area contributed by atoms with Crippen molar-refractivity contribution in [3.05, 3.63) is 286 Å². The van der Waals surface area contributed by atoms with Crippen molar-refractivity contribution in [3.8, 4) is 11.8 Å². The Balaban J connectivity index is 1.16. The van der Waals surface area contributed by atoms with Crippen molar-refractivity contribution in [1.82, 2.24) is 0 Å². The van der Waals surface area contributed by atoms with E-state index in [1.165, 1.54) is 55.7 Å². The molecule has 0 unspecified atom stereocenters. The van der Waals surface area contributed by atoms with Crippen LogP contribution in [0.4, 0.5) is 0 Å². The second-order valence-electron chi connectivity index (χ2n) is 13.1. The standard InChI is InChI=1S/C54H38/c1-7-19-43(20-8-1)51(44-21-9-2-10-22-44)53(47-27-15-5-16-28-47)49-37-33-41(34-38-49)31-32-42-35-39-50(40-36-42)54(48-29-17-6-18-30-48)52(45-23-11-3-12-24-45)46-25-13-4-14-26-46/h1-30,33-40H. The first-order valence-corrected chi connectivity index (χ1v) is 18.4. The second-order valence-corrected chi connectivity index (χ2v) is 13.1. The van der Waals surface area contributed by atoms with Gasteiger partial charge in [-0.2, -0.15) is 0 Å². The van der Waals surface area contributed by atoms with Gasteiger partial charge in [-0.3, -0.25) is 0 Å². The van der Waals surface area contributed by atoms with Gasteiger partial charge < -0.3 is 0 Å². The molecule has 0 spiro atoms. The van der Waals surface area contributed by atoms with Crippen molar-refractivity contribution >= 4 is 22.3 Å². The fourth-order valence-corrected chi connectivity index (χ4v) is 7.04. The highest BCUT2D eigenvalue weighted by atomic mass is 14.2. The van der Waals surface area contributed by atoms with Crippen molar-refractivity contribution in [2.45, 2.75) is 0 Å². The zero-order chi connectivity index (χ0) is 36.4.